The molecule has 0 atom stereocenters. The molecule has 9 heavy (non-hydrogen) atoms. The molecule has 0 unspecified atom stereocenters. The van der Waals surface area contributed by atoms with Gasteiger partial charge in [-0.1, -0.05) is 6.92 Å². The number of amides is 1. The van der Waals surface area contributed by atoms with Gasteiger partial charge in [0.1, 0.15) is 0 Å². The topological polar surface area (TPSA) is 46.3 Å². The lowest BCUT2D eigenvalue weighted by atomic mass is 10.4. The van der Waals surface area contributed by atoms with Crippen LogP contribution in [0.5, 0.6) is 0 Å². The van der Waals surface area contributed by atoms with Gasteiger partial charge < -0.3 is 5.73 Å². The SMILES string of the molecule is CCC(=O)N(C)C(N)=S. The van der Waals surface area contributed by atoms with Crippen LogP contribution in [0, 0.1) is 0 Å². The predicted molar refractivity (Wildman–Crippen MR) is 39.8 cm³/mol. The van der Waals surface area contributed by atoms with Gasteiger partial charge in [0.15, 0.2) is 5.11 Å². The molecule has 0 aliphatic carbocycles. The number of hydrogen-bond donors (Lipinski definition) is 1. The summed E-state index contributed by atoms with van der Waals surface area (Å²) in [6.07, 6.45) is 0.438. The lowest BCUT2D eigenvalue weighted by Crippen LogP contribution is -2.36. The van der Waals surface area contributed by atoms with Crippen LogP contribution in [0.25, 0.3) is 0 Å². The van der Waals surface area contributed by atoms with Crippen molar-refractivity contribution in [2.45, 2.75) is 13.3 Å². The highest BCUT2D eigenvalue weighted by Gasteiger charge is 2.06. The summed E-state index contributed by atoms with van der Waals surface area (Å²) in [4.78, 5) is 12.0. The molecule has 0 fully saturated rings. The van der Waals surface area contributed by atoms with E-state index in [-0.39, 0.29) is 11.0 Å². The first-order chi connectivity index (χ1) is 4.09. The molecule has 0 aliphatic heterocycles. The number of carbonyl (C=O) groups is 1. The van der Waals surface area contributed by atoms with Gasteiger partial charge in [-0.25, -0.2) is 0 Å². The van der Waals surface area contributed by atoms with Crippen LogP contribution in [-0.4, -0.2) is 23.0 Å². The Morgan fingerprint density at radius 3 is 2.33 bits per heavy atom. The minimum atomic E-state index is -0.0532. The second kappa shape index (κ2) is 3.40. The van der Waals surface area contributed by atoms with E-state index in [9.17, 15) is 4.79 Å². The minimum absolute atomic E-state index is 0.0532. The maximum Gasteiger partial charge on any atom is 0.228 e. The van der Waals surface area contributed by atoms with Crippen molar-refractivity contribution in [3.63, 3.8) is 0 Å². The number of nitrogens with two attached hydrogens (primary N) is 1. The van der Waals surface area contributed by atoms with Crippen LogP contribution < -0.4 is 5.73 Å². The van der Waals surface area contributed by atoms with E-state index in [4.69, 9.17) is 5.73 Å². The Hall–Kier alpha value is -0.640. The van der Waals surface area contributed by atoms with Crippen molar-refractivity contribution in [1.29, 1.82) is 0 Å². The van der Waals surface area contributed by atoms with Gasteiger partial charge in [0, 0.05) is 13.5 Å². The lowest BCUT2D eigenvalue weighted by Gasteiger charge is -2.12. The highest BCUT2D eigenvalue weighted by molar-refractivity contribution is 7.80. The van der Waals surface area contributed by atoms with Crippen molar-refractivity contribution < 1.29 is 4.79 Å². The molecule has 2 N–H and O–H groups in total. The first-order valence-corrected chi connectivity index (χ1v) is 3.06. The van der Waals surface area contributed by atoms with Gasteiger partial charge in [-0.15, -0.1) is 0 Å². The smallest absolute Gasteiger partial charge is 0.228 e. The Bertz CT molecular complexity index is 135. The second-order valence-electron chi connectivity index (χ2n) is 1.64. The molecule has 4 heteroatoms. The van der Waals surface area contributed by atoms with Crippen LogP contribution >= 0.6 is 12.2 Å². The standard InChI is InChI=1S/C5H10N2OS/c1-3-4(8)7(2)5(6)9/h3H2,1-2H3,(H2,6,9). The van der Waals surface area contributed by atoms with Crippen molar-refractivity contribution in [3.05, 3.63) is 0 Å². The van der Waals surface area contributed by atoms with Crippen LogP contribution in [0.1, 0.15) is 13.3 Å². The normalized spacial score (nSPS) is 8.67. The monoisotopic (exact) mass is 146 g/mol. The van der Waals surface area contributed by atoms with E-state index in [2.05, 4.69) is 12.2 Å². The van der Waals surface area contributed by atoms with E-state index in [0.29, 0.717) is 6.42 Å². The number of hydrogen-bond acceptors (Lipinski definition) is 2. The highest BCUT2D eigenvalue weighted by atomic mass is 32.1. The third kappa shape index (κ3) is 2.41. The fraction of sp³-hybridized carbons (Fsp3) is 0.600. The molecule has 0 bridgehead atoms. The van der Waals surface area contributed by atoms with Gasteiger partial charge in [-0.3, -0.25) is 9.69 Å². The molecule has 0 aromatic carbocycles. The van der Waals surface area contributed by atoms with Crippen LogP contribution in [0.4, 0.5) is 0 Å². The Morgan fingerprint density at radius 1 is 1.78 bits per heavy atom. The average molecular weight is 146 g/mol. The molecule has 0 heterocycles. The van der Waals surface area contributed by atoms with Gasteiger partial charge in [0.05, 0.1) is 0 Å². The van der Waals surface area contributed by atoms with E-state index in [1.165, 1.54) is 4.90 Å². The van der Waals surface area contributed by atoms with E-state index in [1.54, 1.807) is 14.0 Å². The van der Waals surface area contributed by atoms with E-state index in [0.717, 1.165) is 0 Å². The Balaban J connectivity index is 3.88. The molecule has 0 saturated heterocycles. The first kappa shape index (κ1) is 8.36. The van der Waals surface area contributed by atoms with Gasteiger partial charge in [-0.2, -0.15) is 0 Å². The predicted octanol–water partition coefficient (Wildman–Crippen LogP) is 0.0984. The Kier molecular flexibility index (Phi) is 3.16. The molecule has 0 rings (SSSR count). The summed E-state index contributed by atoms with van der Waals surface area (Å²) < 4.78 is 0. The summed E-state index contributed by atoms with van der Waals surface area (Å²) in [6, 6.07) is 0. The van der Waals surface area contributed by atoms with Gasteiger partial charge >= 0.3 is 0 Å². The maximum atomic E-state index is 10.7. The summed E-state index contributed by atoms with van der Waals surface area (Å²) in [5.74, 6) is -0.0532. The van der Waals surface area contributed by atoms with E-state index < -0.39 is 0 Å². The number of carbonyl (C=O) groups excluding carboxylic acids is 1. The van der Waals surface area contributed by atoms with Gasteiger partial charge in [0.2, 0.25) is 5.91 Å². The summed E-state index contributed by atoms with van der Waals surface area (Å²) in [5.41, 5.74) is 5.15. The summed E-state index contributed by atoms with van der Waals surface area (Å²) in [7, 11) is 1.56. The molecule has 52 valence electrons. The zero-order chi connectivity index (χ0) is 7.44. The molecular formula is C5H10N2OS. The summed E-state index contributed by atoms with van der Waals surface area (Å²) in [5, 5.41) is 0.127. The van der Waals surface area contributed by atoms with E-state index >= 15 is 0 Å². The third-order valence-electron chi connectivity index (χ3n) is 1.01. The Morgan fingerprint density at radius 2 is 2.22 bits per heavy atom. The summed E-state index contributed by atoms with van der Waals surface area (Å²) in [6.45, 7) is 1.76. The van der Waals surface area contributed by atoms with Crippen LogP contribution in [0.15, 0.2) is 0 Å². The zero-order valence-electron chi connectivity index (χ0n) is 5.55. The van der Waals surface area contributed by atoms with Crippen LogP contribution in [0.2, 0.25) is 0 Å². The van der Waals surface area contributed by atoms with Crippen molar-refractivity contribution in [1.82, 2.24) is 4.90 Å². The molecule has 1 amide bonds. The van der Waals surface area contributed by atoms with Crippen LogP contribution in [0.3, 0.4) is 0 Å². The minimum Gasteiger partial charge on any atom is -0.376 e. The van der Waals surface area contributed by atoms with Crippen molar-refractivity contribution in [3.8, 4) is 0 Å². The molecule has 0 aromatic rings. The lowest BCUT2D eigenvalue weighted by molar-refractivity contribution is -0.126. The molecule has 0 radical (unpaired) electrons. The highest BCUT2D eigenvalue weighted by Crippen LogP contribution is 1.87. The molecule has 0 saturated carbocycles. The number of thiocarbonyl (C=S) groups is 1. The van der Waals surface area contributed by atoms with Crippen molar-refractivity contribution in [2.24, 2.45) is 5.73 Å². The van der Waals surface area contributed by atoms with Crippen molar-refractivity contribution >= 4 is 23.2 Å². The fourth-order valence-electron chi connectivity index (χ4n) is 0.360. The van der Waals surface area contributed by atoms with Crippen LogP contribution in [-0.2, 0) is 4.79 Å². The zero-order valence-corrected chi connectivity index (χ0v) is 6.36. The van der Waals surface area contributed by atoms with E-state index in [1.807, 2.05) is 0 Å². The Labute approximate surface area is 59.8 Å². The molecule has 0 aliphatic rings. The second-order valence-corrected chi connectivity index (χ2v) is 2.06. The largest absolute Gasteiger partial charge is 0.376 e. The fourth-order valence-corrected chi connectivity index (χ4v) is 0.462. The quantitative estimate of drug-likeness (QED) is 0.534. The average Bonchev–Trinajstić information content (AvgIpc) is 1.84. The van der Waals surface area contributed by atoms with Crippen molar-refractivity contribution in [2.75, 3.05) is 7.05 Å². The van der Waals surface area contributed by atoms with Gasteiger partial charge in [0.25, 0.3) is 0 Å². The third-order valence-corrected chi connectivity index (χ3v) is 1.28. The number of nitrogens with zero attached hydrogens (tertiary/aromatic N) is 1. The maximum absolute atomic E-state index is 10.7. The van der Waals surface area contributed by atoms with Gasteiger partial charge in [-0.05, 0) is 12.2 Å². The summed E-state index contributed by atoms with van der Waals surface area (Å²) >= 11 is 4.54. The molecule has 3 nitrogen and oxygen atoms in total. The molecule has 0 spiro atoms. The number of rotatable bonds is 1. The molecule has 0 aromatic heterocycles. The first-order valence-electron chi connectivity index (χ1n) is 2.65. The molecular weight excluding hydrogens is 136 g/mol.